The van der Waals surface area contributed by atoms with E-state index in [1.54, 1.807) is 32.9 Å². The fraction of sp³-hybridized carbons (Fsp3) is 0.471. The molecular weight excluding hydrogens is 345 g/mol. The summed E-state index contributed by atoms with van der Waals surface area (Å²) >= 11 is 0. The van der Waals surface area contributed by atoms with Crippen LogP contribution < -0.4 is 0 Å². The van der Waals surface area contributed by atoms with E-state index in [1.165, 1.54) is 13.0 Å². The smallest absolute Gasteiger partial charge is 0.461 e. The highest BCUT2D eigenvalue weighted by atomic mass is 19.4. The molecule has 1 rings (SSSR count). The van der Waals surface area contributed by atoms with Crippen molar-refractivity contribution in [2.24, 2.45) is 0 Å². The fourth-order valence-electron chi connectivity index (χ4n) is 2.61. The summed E-state index contributed by atoms with van der Waals surface area (Å²) in [5, 5.41) is 19.6. The molecule has 1 atom stereocenters. The minimum atomic E-state index is -5.96. The molecule has 0 radical (unpaired) electrons. The normalized spacial score (nSPS) is 14.6. The number of nitriles is 1. The first-order valence-corrected chi connectivity index (χ1v) is 7.36. The Hall–Kier alpha value is -2.14. The Morgan fingerprint density at radius 1 is 1.16 bits per heavy atom. The van der Waals surface area contributed by atoms with Crippen molar-refractivity contribution in [1.82, 2.24) is 0 Å². The van der Waals surface area contributed by atoms with Crippen molar-refractivity contribution < 1.29 is 31.8 Å². The van der Waals surface area contributed by atoms with E-state index in [0.29, 0.717) is 11.1 Å². The number of aliphatic hydroxyl groups excluding tert-OH is 1. The molecule has 0 fully saturated rings. The van der Waals surface area contributed by atoms with Crippen molar-refractivity contribution in [2.75, 3.05) is 6.61 Å². The average Bonchev–Trinajstić information content (AvgIpc) is 2.44. The first kappa shape index (κ1) is 20.9. The molecule has 0 aliphatic carbocycles. The van der Waals surface area contributed by atoms with Crippen LogP contribution >= 0.6 is 0 Å². The minimum Gasteiger partial charge on any atom is -0.491 e. The van der Waals surface area contributed by atoms with Crippen LogP contribution in [0.2, 0.25) is 0 Å². The molecule has 0 spiro atoms. The molecule has 0 heterocycles. The van der Waals surface area contributed by atoms with Crippen LogP contribution in [-0.2, 0) is 4.74 Å². The van der Waals surface area contributed by atoms with Gasteiger partial charge in [-0.1, -0.05) is 17.7 Å². The highest BCUT2D eigenvalue weighted by Crippen LogP contribution is 2.44. The maximum Gasteiger partial charge on any atom is 0.461 e. The number of nitrogens with zero attached hydrogens (tertiary/aromatic N) is 1. The van der Waals surface area contributed by atoms with Crippen molar-refractivity contribution in [3.05, 3.63) is 45.7 Å². The Bertz CT molecular complexity index is 694. The molecule has 25 heavy (non-hydrogen) atoms. The first-order chi connectivity index (χ1) is 11.4. The summed E-state index contributed by atoms with van der Waals surface area (Å²) in [6.07, 6.45) is -7.93. The molecule has 0 bridgehead atoms. The Balaban J connectivity index is 3.66. The first-order valence-electron chi connectivity index (χ1n) is 7.36. The molecule has 0 saturated heterocycles. The van der Waals surface area contributed by atoms with E-state index in [0.717, 1.165) is 5.56 Å². The Morgan fingerprint density at radius 3 is 2.00 bits per heavy atom. The van der Waals surface area contributed by atoms with Gasteiger partial charge in [0.2, 0.25) is 0 Å². The Morgan fingerprint density at radius 2 is 1.64 bits per heavy atom. The van der Waals surface area contributed by atoms with E-state index >= 15 is 0 Å². The molecule has 0 aliphatic heterocycles. The van der Waals surface area contributed by atoms with E-state index < -0.39 is 36.1 Å². The predicted molar refractivity (Wildman–Crippen MR) is 80.9 cm³/mol. The molecule has 0 aliphatic rings. The topological polar surface area (TPSA) is 53.2 Å². The number of ether oxygens (including phenoxy) is 1. The van der Waals surface area contributed by atoms with Gasteiger partial charge >= 0.3 is 12.1 Å². The standard InChI is InChI=1S/C17H18F5NO2/c1-5-25-15(16(18,19)17(20,21)22)12(8-23)14(24)13-10(3)6-9(2)7-11(13)4/h6-7,14,24H,5H2,1-4H3/b15-12+. The molecule has 8 heteroatoms. The second-order valence-electron chi connectivity index (χ2n) is 5.57. The van der Waals surface area contributed by atoms with Gasteiger partial charge in [-0.3, -0.25) is 0 Å². The molecule has 1 aromatic carbocycles. The summed E-state index contributed by atoms with van der Waals surface area (Å²) < 4.78 is 70.2. The average molecular weight is 363 g/mol. The molecule has 0 aromatic heterocycles. The molecule has 138 valence electrons. The van der Waals surface area contributed by atoms with Gasteiger partial charge in [0.15, 0.2) is 5.76 Å². The lowest BCUT2D eigenvalue weighted by molar-refractivity contribution is -0.277. The number of halogens is 5. The third kappa shape index (κ3) is 4.10. The van der Waals surface area contributed by atoms with Crippen molar-refractivity contribution in [3.63, 3.8) is 0 Å². The molecule has 1 aromatic rings. The molecule has 1 N–H and O–H groups in total. The van der Waals surface area contributed by atoms with Crippen LogP contribution in [0.1, 0.15) is 35.3 Å². The third-order valence-corrected chi connectivity index (χ3v) is 3.58. The van der Waals surface area contributed by atoms with Crippen LogP contribution in [0.4, 0.5) is 22.0 Å². The zero-order chi connectivity index (χ0) is 19.6. The maximum atomic E-state index is 13.8. The Labute approximate surface area is 142 Å². The number of benzene rings is 1. The summed E-state index contributed by atoms with van der Waals surface area (Å²) in [4.78, 5) is 0. The third-order valence-electron chi connectivity index (χ3n) is 3.58. The number of aryl methyl sites for hydroxylation is 3. The van der Waals surface area contributed by atoms with Crippen LogP contribution in [0, 0.1) is 32.1 Å². The van der Waals surface area contributed by atoms with Crippen molar-refractivity contribution in [1.29, 1.82) is 5.26 Å². The van der Waals surface area contributed by atoms with Gasteiger partial charge in [-0.2, -0.15) is 27.2 Å². The second kappa shape index (κ2) is 7.40. The molecule has 1 unspecified atom stereocenters. The SMILES string of the molecule is CCO/C(=C(\C#N)C(O)c1c(C)cc(C)cc1C)C(F)(F)C(F)(F)F. The van der Waals surface area contributed by atoms with E-state index in [9.17, 15) is 32.3 Å². The van der Waals surface area contributed by atoms with Crippen molar-refractivity contribution in [2.45, 2.75) is 45.9 Å². The van der Waals surface area contributed by atoms with Crippen molar-refractivity contribution >= 4 is 0 Å². The van der Waals surface area contributed by atoms with Gasteiger partial charge in [0.25, 0.3) is 0 Å². The largest absolute Gasteiger partial charge is 0.491 e. The van der Waals surface area contributed by atoms with Crippen LogP contribution in [-0.4, -0.2) is 23.8 Å². The number of hydrogen-bond donors (Lipinski definition) is 1. The van der Waals surface area contributed by atoms with Crippen LogP contribution in [0.25, 0.3) is 0 Å². The lowest BCUT2D eigenvalue weighted by Crippen LogP contribution is -2.40. The van der Waals surface area contributed by atoms with Gasteiger partial charge < -0.3 is 9.84 Å². The van der Waals surface area contributed by atoms with E-state index in [1.807, 2.05) is 0 Å². The molecule has 0 saturated carbocycles. The summed E-state index contributed by atoms with van der Waals surface area (Å²) in [7, 11) is 0. The lowest BCUT2D eigenvalue weighted by atomic mass is 9.91. The number of alkyl halides is 5. The van der Waals surface area contributed by atoms with Crippen LogP contribution in [0.5, 0.6) is 0 Å². The van der Waals surface area contributed by atoms with Gasteiger partial charge in [0.1, 0.15) is 17.7 Å². The molecular formula is C17H18F5NO2. The van der Waals surface area contributed by atoms with Gasteiger partial charge in [-0.05, 0) is 44.4 Å². The predicted octanol–water partition coefficient (Wildman–Crippen LogP) is 4.66. The zero-order valence-electron chi connectivity index (χ0n) is 14.1. The van der Waals surface area contributed by atoms with Crippen molar-refractivity contribution in [3.8, 4) is 6.07 Å². The number of aliphatic hydroxyl groups is 1. The second-order valence-corrected chi connectivity index (χ2v) is 5.57. The number of rotatable bonds is 5. The van der Waals surface area contributed by atoms with Gasteiger partial charge in [0, 0.05) is 0 Å². The molecule has 0 amide bonds. The van der Waals surface area contributed by atoms with Crippen LogP contribution in [0.3, 0.4) is 0 Å². The lowest BCUT2D eigenvalue weighted by Gasteiger charge is -2.25. The number of allylic oxidation sites excluding steroid dienone is 1. The van der Waals surface area contributed by atoms with E-state index in [-0.39, 0.29) is 5.56 Å². The van der Waals surface area contributed by atoms with Gasteiger partial charge in [0.05, 0.1) is 6.61 Å². The zero-order valence-corrected chi connectivity index (χ0v) is 14.1. The molecule has 3 nitrogen and oxygen atoms in total. The summed E-state index contributed by atoms with van der Waals surface area (Å²) in [5.41, 5.74) is 0.670. The highest BCUT2D eigenvalue weighted by molar-refractivity contribution is 5.46. The van der Waals surface area contributed by atoms with E-state index in [4.69, 9.17) is 0 Å². The Kier molecular flexibility index (Phi) is 6.19. The number of hydrogen-bond acceptors (Lipinski definition) is 3. The van der Waals surface area contributed by atoms with Gasteiger partial charge in [-0.25, -0.2) is 0 Å². The van der Waals surface area contributed by atoms with Gasteiger partial charge in [-0.15, -0.1) is 0 Å². The minimum absolute atomic E-state index is 0.0947. The highest BCUT2D eigenvalue weighted by Gasteiger charge is 2.63. The van der Waals surface area contributed by atoms with Crippen LogP contribution in [0.15, 0.2) is 23.5 Å². The quantitative estimate of drug-likeness (QED) is 0.470. The summed E-state index contributed by atoms with van der Waals surface area (Å²) in [6, 6.07) is 4.51. The monoisotopic (exact) mass is 363 g/mol. The summed E-state index contributed by atoms with van der Waals surface area (Å²) in [6.45, 7) is 5.58. The summed E-state index contributed by atoms with van der Waals surface area (Å²) in [5.74, 6) is -7.28. The maximum absolute atomic E-state index is 13.8. The fourth-order valence-corrected chi connectivity index (χ4v) is 2.61. The van der Waals surface area contributed by atoms with E-state index in [2.05, 4.69) is 4.74 Å².